The summed E-state index contributed by atoms with van der Waals surface area (Å²) >= 11 is 2.06. The van der Waals surface area contributed by atoms with E-state index in [2.05, 4.69) is 65.5 Å². The molecule has 5 heterocycles. The van der Waals surface area contributed by atoms with Crippen LogP contribution in [-0.4, -0.2) is 110 Å². The van der Waals surface area contributed by atoms with Crippen molar-refractivity contribution in [2.45, 2.75) is 94.0 Å². The first-order valence-corrected chi connectivity index (χ1v) is 23.3. The van der Waals surface area contributed by atoms with Gasteiger partial charge in [-0.3, -0.25) is 23.0 Å². The Bertz CT molecular complexity index is 2340. The van der Waals surface area contributed by atoms with Crippen LogP contribution in [0.2, 0.25) is 0 Å². The molecule has 2 fully saturated rings. The first-order valence-electron chi connectivity index (χ1n) is 19.0. The van der Waals surface area contributed by atoms with Crippen molar-refractivity contribution >= 4 is 72.7 Å². The number of ether oxygens (including phenoxy) is 3. The third-order valence-corrected chi connectivity index (χ3v) is 12.6. The number of phosphoric acid groups is 1. The van der Waals surface area contributed by atoms with E-state index in [1.807, 2.05) is 13.0 Å². The quantitative estimate of drug-likeness (QED) is 0.0265. The van der Waals surface area contributed by atoms with Crippen LogP contribution in [0, 0.1) is 0 Å². The third-order valence-electron chi connectivity index (χ3n) is 9.77. The van der Waals surface area contributed by atoms with E-state index in [9.17, 15) is 43.3 Å². The number of hydrogen-bond donors (Lipinski definition) is 7. The van der Waals surface area contributed by atoms with Crippen LogP contribution in [0.25, 0.3) is 11.2 Å². The van der Waals surface area contributed by atoms with E-state index in [0.717, 1.165) is 13.7 Å². The van der Waals surface area contributed by atoms with Gasteiger partial charge in [-0.05, 0) is 60.9 Å². The standard InChI is InChI=1S/C36H48IN9O14P2/c1-4-5-9-27(47)43-22(11-10-20(2)7-6-8-21(3)37)35(49)60-31-23(59-34(30(31)48)46-19-42-29-32(39)40-18-41-33(29)46)13-15-56-61(51,52)25-16-28(45-14-12-26(38)44-36(45)50)58-24(25)17-57-62(53,54)55/h4,6-8,12,14,18-19,22-25,28,30-31,34,48H,1,3,5,9-11,13,15-17H2,2H3,(H,43,47)(H,51,52)(H2,38,44,50)(H2,39,40,41)(H2,53,54,55)/b8-6-,20-7+/t22-,23+,24+,25-,28+,30+,31+,34+/m0/s1. The van der Waals surface area contributed by atoms with Crippen LogP contribution >= 0.6 is 38.0 Å². The zero-order valence-corrected chi connectivity index (χ0v) is 37.2. The first kappa shape index (κ1) is 48.8. The predicted octanol–water partition coefficient (Wildman–Crippen LogP) is 2.46. The number of hydrogen-bond acceptors (Lipinski definition) is 17. The maximum absolute atomic E-state index is 14.0. The molecule has 338 valence electrons. The number of imidazole rings is 1. The molecule has 0 bridgehead atoms. The molecule has 23 nitrogen and oxygen atoms in total. The van der Waals surface area contributed by atoms with E-state index >= 15 is 0 Å². The van der Waals surface area contributed by atoms with Gasteiger partial charge in [0.1, 0.15) is 42.1 Å². The van der Waals surface area contributed by atoms with E-state index in [0.29, 0.717) is 12.8 Å². The summed E-state index contributed by atoms with van der Waals surface area (Å²) in [4.78, 5) is 85.4. The predicted molar refractivity (Wildman–Crippen MR) is 230 cm³/mol. The van der Waals surface area contributed by atoms with Crippen LogP contribution in [0.15, 0.2) is 76.3 Å². The lowest BCUT2D eigenvalue weighted by atomic mass is 10.0. The summed E-state index contributed by atoms with van der Waals surface area (Å²) in [6, 6.07) is 0.115. The minimum absolute atomic E-state index is 0.0436. The van der Waals surface area contributed by atoms with Crippen molar-refractivity contribution in [2.75, 3.05) is 24.7 Å². The molecule has 0 aliphatic carbocycles. The molecule has 3 aromatic heterocycles. The molecular weight excluding hydrogens is 971 g/mol. The smallest absolute Gasteiger partial charge is 0.455 e. The number of allylic oxidation sites excluding steroid dienone is 6. The van der Waals surface area contributed by atoms with Gasteiger partial charge in [-0.25, -0.2) is 29.1 Å². The SMILES string of the molecule is C=CCCC(=O)N[C@@H](CC/C(C)=C/C=C\C(=C)I)C(=O)O[C@H]1[C@@H](O)[C@H](n2cnc3c(N)ncnc32)O[C@@H]1CCOP(=O)(O)[C@H]1C[C@H](n2ccc(N)nc2=O)O[C@@H]1COP(=O)(O)O. The lowest BCUT2D eigenvalue weighted by Crippen LogP contribution is -2.46. The Morgan fingerprint density at radius 1 is 1.13 bits per heavy atom. The number of fused-ring (bicyclic) bond motifs is 1. The average Bonchev–Trinajstić information content (AvgIpc) is 3.91. The summed E-state index contributed by atoms with van der Waals surface area (Å²) in [7, 11) is -9.89. The van der Waals surface area contributed by atoms with Gasteiger partial charge in [-0.15, -0.1) is 6.58 Å². The number of amides is 1. The number of rotatable bonds is 21. The topological polar surface area (TPSA) is 338 Å². The number of aliphatic hydroxyl groups excluding tert-OH is 1. The minimum atomic E-state index is -5.08. The van der Waals surface area contributed by atoms with Crippen molar-refractivity contribution in [1.82, 2.24) is 34.4 Å². The number of aromatic nitrogens is 6. The van der Waals surface area contributed by atoms with Gasteiger partial charge >= 0.3 is 27.1 Å². The number of carbonyl (C=O) groups excluding carboxylic acids is 2. The van der Waals surface area contributed by atoms with Crippen LogP contribution in [0.1, 0.15) is 57.9 Å². The second-order valence-electron chi connectivity index (χ2n) is 14.3. The van der Waals surface area contributed by atoms with E-state index < -0.39 is 94.8 Å². The third kappa shape index (κ3) is 12.9. The molecular formula is C36H48IN9O14P2. The molecule has 2 saturated heterocycles. The van der Waals surface area contributed by atoms with E-state index in [-0.39, 0.29) is 48.5 Å². The highest BCUT2D eigenvalue weighted by molar-refractivity contribution is 14.1. The van der Waals surface area contributed by atoms with Crippen molar-refractivity contribution in [2.24, 2.45) is 0 Å². The molecule has 2 aliphatic rings. The second kappa shape index (κ2) is 21.5. The van der Waals surface area contributed by atoms with Crippen molar-refractivity contribution in [3.05, 3.63) is 82.0 Å². The molecule has 9 N–H and O–H groups in total. The fourth-order valence-electron chi connectivity index (χ4n) is 6.71. The molecule has 26 heteroatoms. The van der Waals surface area contributed by atoms with Crippen LogP contribution in [0.3, 0.4) is 0 Å². The molecule has 5 rings (SSSR count). The van der Waals surface area contributed by atoms with Gasteiger partial charge < -0.3 is 55.3 Å². The second-order valence-corrected chi connectivity index (χ2v) is 19.0. The Morgan fingerprint density at radius 3 is 2.58 bits per heavy atom. The zero-order valence-electron chi connectivity index (χ0n) is 33.3. The lowest BCUT2D eigenvalue weighted by Gasteiger charge is -2.26. The number of nitrogen functional groups attached to an aromatic ring is 2. The summed E-state index contributed by atoms with van der Waals surface area (Å²) in [6.45, 7) is 7.88. The molecule has 0 radical (unpaired) electrons. The van der Waals surface area contributed by atoms with Crippen LogP contribution < -0.4 is 22.5 Å². The molecule has 62 heavy (non-hydrogen) atoms. The Labute approximate surface area is 368 Å². The Morgan fingerprint density at radius 2 is 1.89 bits per heavy atom. The van der Waals surface area contributed by atoms with E-state index in [1.165, 1.54) is 29.5 Å². The van der Waals surface area contributed by atoms with Crippen molar-refractivity contribution in [1.29, 1.82) is 0 Å². The van der Waals surface area contributed by atoms with Gasteiger partial charge in [-0.2, -0.15) is 4.98 Å². The number of aliphatic hydroxyl groups is 1. The fraction of sp³-hybridized carbons (Fsp3) is 0.472. The Kier molecular flexibility index (Phi) is 16.9. The number of nitrogens with one attached hydrogen (secondary N) is 1. The number of phosphoric ester groups is 1. The van der Waals surface area contributed by atoms with Crippen LogP contribution in [0.4, 0.5) is 11.6 Å². The molecule has 1 unspecified atom stereocenters. The number of nitrogens with zero attached hydrogens (tertiary/aromatic N) is 6. The lowest BCUT2D eigenvalue weighted by molar-refractivity contribution is -0.159. The van der Waals surface area contributed by atoms with Gasteiger partial charge in [0.05, 0.1) is 31.3 Å². The summed E-state index contributed by atoms with van der Waals surface area (Å²) in [5.41, 5.74) is 10.5. The molecule has 1 amide bonds. The monoisotopic (exact) mass is 1020 g/mol. The van der Waals surface area contributed by atoms with Gasteiger partial charge in [-0.1, -0.05) is 30.4 Å². The molecule has 0 aromatic carbocycles. The van der Waals surface area contributed by atoms with Crippen LogP contribution in [0.5, 0.6) is 0 Å². The number of esters is 1. The molecule has 0 saturated carbocycles. The Hall–Kier alpha value is -4.20. The highest BCUT2D eigenvalue weighted by Crippen LogP contribution is 2.56. The average molecular weight is 1020 g/mol. The number of halogens is 1. The summed E-state index contributed by atoms with van der Waals surface area (Å²) in [5.74, 6) is -1.39. The van der Waals surface area contributed by atoms with Crippen LogP contribution in [-0.2, 0) is 42.0 Å². The summed E-state index contributed by atoms with van der Waals surface area (Å²) < 4.78 is 56.6. The number of carbonyl (C=O) groups is 2. The highest BCUT2D eigenvalue weighted by atomic mass is 127. The normalized spacial score (nSPS) is 24.5. The largest absolute Gasteiger partial charge is 0.469 e. The number of anilines is 2. The van der Waals surface area contributed by atoms with Crippen molar-refractivity contribution in [3.63, 3.8) is 0 Å². The van der Waals surface area contributed by atoms with E-state index in [1.54, 1.807) is 18.2 Å². The molecule has 9 atom stereocenters. The van der Waals surface area contributed by atoms with Gasteiger partial charge in [0.2, 0.25) is 5.91 Å². The zero-order chi connectivity index (χ0) is 45.4. The van der Waals surface area contributed by atoms with Gasteiger partial charge in [0.25, 0.3) is 0 Å². The molecule has 3 aromatic rings. The van der Waals surface area contributed by atoms with E-state index in [4.69, 9.17) is 30.2 Å². The van der Waals surface area contributed by atoms with Crippen molar-refractivity contribution in [3.8, 4) is 0 Å². The minimum Gasteiger partial charge on any atom is -0.455 e. The Balaban J connectivity index is 1.38. The summed E-state index contributed by atoms with van der Waals surface area (Å²) in [5, 5.41) is 14.5. The summed E-state index contributed by atoms with van der Waals surface area (Å²) in [6.07, 6.45) is 2.69. The molecule has 0 spiro atoms. The molecule has 2 aliphatic heterocycles. The maximum atomic E-state index is 14.0. The fourth-order valence-corrected chi connectivity index (χ4v) is 8.84. The van der Waals surface area contributed by atoms with Crippen molar-refractivity contribution < 1.29 is 61.8 Å². The highest BCUT2D eigenvalue weighted by Gasteiger charge is 2.51. The number of nitrogens with two attached hydrogens (primary N) is 2. The van der Waals surface area contributed by atoms with Gasteiger partial charge in [0.15, 0.2) is 23.8 Å². The van der Waals surface area contributed by atoms with Gasteiger partial charge in [0, 0.05) is 29.0 Å². The first-order chi connectivity index (χ1) is 29.3. The maximum Gasteiger partial charge on any atom is 0.469 e.